The molecule has 0 aliphatic heterocycles. The summed E-state index contributed by atoms with van der Waals surface area (Å²) in [5.41, 5.74) is 0.918. The summed E-state index contributed by atoms with van der Waals surface area (Å²) in [4.78, 5) is 12.0. The van der Waals surface area contributed by atoms with Crippen LogP contribution in [0.15, 0.2) is 30.3 Å². The van der Waals surface area contributed by atoms with E-state index in [1.807, 2.05) is 30.3 Å². The second-order valence-electron chi connectivity index (χ2n) is 6.20. The Hall–Kier alpha value is -1.40. The fourth-order valence-electron chi connectivity index (χ4n) is 3.50. The summed E-state index contributed by atoms with van der Waals surface area (Å²) >= 11 is 0. The van der Waals surface area contributed by atoms with Gasteiger partial charge < -0.3 is 5.32 Å². The molecule has 0 heterocycles. The van der Waals surface area contributed by atoms with E-state index in [1.165, 1.54) is 6.42 Å². The second kappa shape index (κ2) is 6.38. The number of carbonyl (C=O) groups is 1. The molecule has 0 spiro atoms. The van der Waals surface area contributed by atoms with Crippen molar-refractivity contribution in [3.8, 4) is 0 Å². The van der Waals surface area contributed by atoms with Crippen molar-refractivity contribution in [2.45, 2.75) is 25.8 Å². The zero-order valence-corrected chi connectivity index (χ0v) is 13.3. The molecule has 0 bridgehead atoms. The smallest absolute Gasteiger partial charge is 0.223 e. The first-order chi connectivity index (χ1) is 10.6. The minimum atomic E-state index is -3.36. The summed E-state index contributed by atoms with van der Waals surface area (Å²) in [6.07, 6.45) is 3.54. The highest BCUT2D eigenvalue weighted by atomic mass is 32.2. The Labute approximate surface area is 131 Å². The van der Waals surface area contributed by atoms with Crippen LogP contribution >= 0.6 is 0 Å². The highest BCUT2D eigenvalue weighted by Gasteiger charge is 2.56. The summed E-state index contributed by atoms with van der Waals surface area (Å²) in [6.45, 7) is 0.461. The van der Waals surface area contributed by atoms with E-state index in [9.17, 15) is 13.2 Å². The van der Waals surface area contributed by atoms with Crippen LogP contribution in [0.4, 0.5) is 0 Å². The first-order valence-corrected chi connectivity index (χ1v) is 9.51. The average molecular weight is 322 g/mol. The molecule has 5 nitrogen and oxygen atoms in total. The van der Waals surface area contributed by atoms with E-state index >= 15 is 0 Å². The number of hydrogen-bond donors (Lipinski definition) is 2. The lowest BCUT2D eigenvalue weighted by molar-refractivity contribution is -0.122. The first-order valence-electron chi connectivity index (χ1n) is 7.86. The first kappa shape index (κ1) is 15.5. The lowest BCUT2D eigenvalue weighted by Gasteiger charge is -2.09. The Morgan fingerprint density at radius 2 is 1.82 bits per heavy atom. The Morgan fingerprint density at radius 3 is 2.50 bits per heavy atom. The Bertz CT molecular complexity index is 620. The van der Waals surface area contributed by atoms with Crippen LogP contribution in [-0.2, 0) is 21.4 Å². The predicted octanol–water partition coefficient (Wildman–Crippen LogP) is 1.27. The number of hydrogen-bond acceptors (Lipinski definition) is 3. The van der Waals surface area contributed by atoms with Crippen LogP contribution in [0.2, 0.25) is 0 Å². The molecule has 2 aliphatic carbocycles. The topological polar surface area (TPSA) is 75.3 Å². The maximum Gasteiger partial charge on any atom is 0.223 e. The van der Waals surface area contributed by atoms with Gasteiger partial charge in [-0.25, -0.2) is 13.1 Å². The van der Waals surface area contributed by atoms with Gasteiger partial charge in [-0.2, -0.15) is 0 Å². The lowest BCUT2D eigenvalue weighted by Crippen LogP contribution is -2.35. The zero-order chi connectivity index (χ0) is 15.6. The van der Waals surface area contributed by atoms with E-state index < -0.39 is 10.0 Å². The van der Waals surface area contributed by atoms with Gasteiger partial charge in [0.05, 0.1) is 5.75 Å². The number of nitrogens with one attached hydrogen (secondary N) is 2. The van der Waals surface area contributed by atoms with Crippen LogP contribution in [0.3, 0.4) is 0 Å². The molecular weight excluding hydrogens is 300 g/mol. The van der Waals surface area contributed by atoms with Crippen LogP contribution in [0, 0.1) is 17.8 Å². The molecule has 1 aromatic carbocycles. The van der Waals surface area contributed by atoms with Crippen molar-refractivity contribution in [3.05, 3.63) is 35.9 Å². The normalized spacial score (nSPS) is 26.5. The van der Waals surface area contributed by atoms with Crippen LogP contribution in [-0.4, -0.2) is 26.6 Å². The lowest BCUT2D eigenvalue weighted by atomic mass is 10.1. The van der Waals surface area contributed by atoms with E-state index in [2.05, 4.69) is 10.0 Å². The van der Waals surface area contributed by atoms with Crippen LogP contribution < -0.4 is 10.0 Å². The van der Waals surface area contributed by atoms with Crippen molar-refractivity contribution in [2.75, 3.05) is 12.3 Å². The molecule has 2 N–H and O–H groups in total. The molecule has 2 saturated carbocycles. The quantitative estimate of drug-likeness (QED) is 0.794. The van der Waals surface area contributed by atoms with Gasteiger partial charge in [0.2, 0.25) is 15.9 Å². The largest absolute Gasteiger partial charge is 0.355 e. The third-order valence-electron chi connectivity index (χ3n) is 4.72. The number of carbonyl (C=O) groups excluding carboxylic acids is 1. The van der Waals surface area contributed by atoms with Gasteiger partial charge in [0.1, 0.15) is 0 Å². The van der Waals surface area contributed by atoms with Gasteiger partial charge in [0.15, 0.2) is 0 Å². The number of fused-ring (bicyclic) bond motifs is 1. The molecule has 2 atom stereocenters. The van der Waals surface area contributed by atoms with Gasteiger partial charge in [-0.1, -0.05) is 36.8 Å². The summed E-state index contributed by atoms with van der Waals surface area (Å²) in [6, 6.07) is 9.37. The van der Waals surface area contributed by atoms with Crippen LogP contribution in [0.1, 0.15) is 24.8 Å². The summed E-state index contributed by atoms with van der Waals surface area (Å²) < 4.78 is 26.4. The number of amides is 1. The monoisotopic (exact) mass is 322 g/mol. The number of sulfonamides is 1. The van der Waals surface area contributed by atoms with Gasteiger partial charge in [0.25, 0.3) is 0 Å². The summed E-state index contributed by atoms with van der Waals surface area (Å²) in [7, 11) is -3.36. The molecule has 120 valence electrons. The minimum Gasteiger partial charge on any atom is -0.355 e. The maximum atomic E-state index is 12.0. The SMILES string of the molecule is O=C(NCCS(=O)(=O)NCc1ccccc1)C1[C@H]2CCC[C@H]12. The van der Waals surface area contributed by atoms with Crippen molar-refractivity contribution < 1.29 is 13.2 Å². The second-order valence-corrected chi connectivity index (χ2v) is 8.13. The molecule has 22 heavy (non-hydrogen) atoms. The highest BCUT2D eigenvalue weighted by molar-refractivity contribution is 7.89. The minimum absolute atomic E-state index is 0.0351. The Kier molecular flexibility index (Phi) is 4.49. The van der Waals surface area contributed by atoms with E-state index in [0.717, 1.165) is 18.4 Å². The molecule has 0 aromatic heterocycles. The summed E-state index contributed by atoms with van der Waals surface area (Å²) in [5, 5.41) is 2.77. The van der Waals surface area contributed by atoms with E-state index in [1.54, 1.807) is 0 Å². The standard InChI is InChI=1S/C16H22N2O3S/c19-16(15-13-7-4-8-14(13)15)17-9-10-22(20,21)18-11-12-5-2-1-3-6-12/h1-3,5-6,13-15,18H,4,7-11H2,(H,17,19)/t13-,14-/m0/s1. The van der Waals surface area contributed by atoms with Gasteiger partial charge in [-0.15, -0.1) is 0 Å². The number of rotatable bonds is 7. The van der Waals surface area contributed by atoms with Crippen molar-refractivity contribution in [2.24, 2.45) is 17.8 Å². The summed E-state index contributed by atoms with van der Waals surface area (Å²) in [5.74, 6) is 1.23. The molecular formula is C16H22N2O3S. The van der Waals surface area contributed by atoms with Crippen LogP contribution in [0.5, 0.6) is 0 Å². The highest BCUT2D eigenvalue weighted by Crippen LogP contribution is 2.57. The fourth-order valence-corrected chi connectivity index (χ4v) is 4.40. The molecule has 0 radical (unpaired) electrons. The molecule has 6 heteroatoms. The van der Waals surface area contributed by atoms with Gasteiger partial charge in [-0.3, -0.25) is 4.79 Å². The molecule has 1 aromatic rings. The molecule has 3 rings (SSSR count). The predicted molar refractivity (Wildman–Crippen MR) is 84.4 cm³/mol. The van der Waals surface area contributed by atoms with Gasteiger partial charge >= 0.3 is 0 Å². The Morgan fingerprint density at radius 1 is 1.14 bits per heavy atom. The zero-order valence-electron chi connectivity index (χ0n) is 12.5. The van der Waals surface area contributed by atoms with E-state index in [0.29, 0.717) is 11.8 Å². The average Bonchev–Trinajstić information content (AvgIpc) is 2.99. The molecule has 0 saturated heterocycles. The van der Waals surface area contributed by atoms with E-state index in [4.69, 9.17) is 0 Å². The third kappa shape index (κ3) is 3.67. The molecule has 2 aliphatic rings. The van der Waals surface area contributed by atoms with Gasteiger partial charge in [0, 0.05) is 19.0 Å². The van der Waals surface area contributed by atoms with Crippen LogP contribution in [0.25, 0.3) is 0 Å². The molecule has 0 unspecified atom stereocenters. The van der Waals surface area contributed by atoms with E-state index in [-0.39, 0.29) is 30.7 Å². The third-order valence-corrected chi connectivity index (χ3v) is 6.04. The maximum absolute atomic E-state index is 12.0. The van der Waals surface area contributed by atoms with Crippen molar-refractivity contribution in [3.63, 3.8) is 0 Å². The number of benzene rings is 1. The Balaban J connectivity index is 1.38. The molecule has 2 fully saturated rings. The fraction of sp³-hybridized carbons (Fsp3) is 0.562. The van der Waals surface area contributed by atoms with Crippen molar-refractivity contribution >= 4 is 15.9 Å². The molecule has 1 amide bonds. The van der Waals surface area contributed by atoms with Gasteiger partial charge in [-0.05, 0) is 30.2 Å². The van der Waals surface area contributed by atoms with Crippen molar-refractivity contribution in [1.29, 1.82) is 0 Å². The van der Waals surface area contributed by atoms with Crippen molar-refractivity contribution in [1.82, 2.24) is 10.0 Å².